The summed E-state index contributed by atoms with van der Waals surface area (Å²) in [4.78, 5) is 14.2. The first kappa shape index (κ1) is 15.2. The summed E-state index contributed by atoms with van der Waals surface area (Å²) < 4.78 is 0. The highest BCUT2D eigenvalue weighted by molar-refractivity contribution is 5.98. The van der Waals surface area contributed by atoms with Gasteiger partial charge in [0, 0.05) is 5.56 Å². The van der Waals surface area contributed by atoms with Gasteiger partial charge in [0.2, 0.25) is 0 Å². The van der Waals surface area contributed by atoms with Crippen LogP contribution in [0.1, 0.15) is 24.2 Å². The normalized spacial score (nSPS) is 12.5. The smallest absolute Gasteiger partial charge is 0.251 e. The number of carbonyl (C=O) groups excluding carboxylic acids is 1. The fourth-order valence-electron chi connectivity index (χ4n) is 2.52. The maximum Gasteiger partial charge on any atom is 0.251 e. The lowest BCUT2D eigenvalue weighted by Gasteiger charge is -2.22. The van der Waals surface area contributed by atoms with Crippen molar-refractivity contribution in [1.82, 2.24) is 20.3 Å². The number of carbonyl (C=O) groups is 1. The van der Waals surface area contributed by atoms with Crippen molar-refractivity contribution in [3.05, 3.63) is 60.4 Å². The molecule has 0 aliphatic rings. The fourth-order valence-corrected chi connectivity index (χ4v) is 2.52. The van der Waals surface area contributed by atoms with Crippen molar-refractivity contribution >= 4 is 16.7 Å². The van der Waals surface area contributed by atoms with Gasteiger partial charge in [-0.25, -0.2) is 0 Å². The van der Waals surface area contributed by atoms with Crippen LogP contribution in [-0.2, 0) is 6.54 Å². The summed E-state index contributed by atoms with van der Waals surface area (Å²) in [6.45, 7) is 4.72. The summed E-state index contributed by atoms with van der Waals surface area (Å²) in [6, 6.07) is 13.8. The zero-order chi connectivity index (χ0) is 16.2. The third kappa shape index (κ3) is 3.56. The van der Waals surface area contributed by atoms with Gasteiger partial charge in [-0.2, -0.15) is 15.0 Å². The number of fused-ring (bicyclic) bond motifs is 1. The molecule has 1 amide bonds. The van der Waals surface area contributed by atoms with E-state index in [1.54, 1.807) is 17.2 Å². The van der Waals surface area contributed by atoms with E-state index < -0.39 is 0 Å². The lowest BCUT2D eigenvalue weighted by molar-refractivity contribution is 0.0918. The van der Waals surface area contributed by atoms with Crippen LogP contribution in [0.2, 0.25) is 0 Å². The highest BCUT2D eigenvalue weighted by Crippen LogP contribution is 2.16. The molecule has 2 aromatic carbocycles. The molecule has 1 atom stereocenters. The summed E-state index contributed by atoms with van der Waals surface area (Å²) in [5.74, 6) is 0.215. The number of rotatable bonds is 5. The number of amides is 1. The van der Waals surface area contributed by atoms with Gasteiger partial charge in [0.25, 0.3) is 5.91 Å². The van der Waals surface area contributed by atoms with Crippen LogP contribution in [0.5, 0.6) is 0 Å². The molecule has 5 heteroatoms. The molecule has 0 saturated carbocycles. The van der Waals surface area contributed by atoms with E-state index in [-0.39, 0.29) is 17.9 Å². The van der Waals surface area contributed by atoms with Crippen molar-refractivity contribution in [3.8, 4) is 0 Å². The van der Waals surface area contributed by atoms with Crippen molar-refractivity contribution in [2.24, 2.45) is 5.92 Å². The average Bonchev–Trinajstić information content (AvgIpc) is 3.06. The van der Waals surface area contributed by atoms with Gasteiger partial charge in [0.05, 0.1) is 25.0 Å². The molecule has 0 bridgehead atoms. The van der Waals surface area contributed by atoms with Crippen LogP contribution in [0, 0.1) is 5.92 Å². The maximum absolute atomic E-state index is 12.6. The predicted molar refractivity (Wildman–Crippen MR) is 90.1 cm³/mol. The lowest BCUT2D eigenvalue weighted by atomic mass is 10.0. The van der Waals surface area contributed by atoms with E-state index in [4.69, 9.17) is 0 Å². The monoisotopic (exact) mass is 308 g/mol. The second kappa shape index (κ2) is 6.60. The van der Waals surface area contributed by atoms with E-state index in [0.717, 1.165) is 10.8 Å². The van der Waals surface area contributed by atoms with Gasteiger partial charge in [-0.3, -0.25) is 4.79 Å². The molecular weight excluding hydrogens is 288 g/mol. The quantitative estimate of drug-likeness (QED) is 0.788. The Balaban J connectivity index is 1.77. The molecule has 0 aliphatic heterocycles. The van der Waals surface area contributed by atoms with Crippen LogP contribution < -0.4 is 5.32 Å². The molecule has 0 radical (unpaired) electrons. The molecule has 1 aromatic heterocycles. The Bertz CT molecular complexity index is 796. The van der Waals surface area contributed by atoms with Gasteiger partial charge in [0.15, 0.2) is 0 Å². The molecule has 1 N–H and O–H groups in total. The first-order valence-electron chi connectivity index (χ1n) is 7.77. The third-order valence-corrected chi connectivity index (χ3v) is 3.96. The Kier molecular flexibility index (Phi) is 4.37. The Hall–Kier alpha value is -2.69. The van der Waals surface area contributed by atoms with Gasteiger partial charge < -0.3 is 5.32 Å². The van der Waals surface area contributed by atoms with Gasteiger partial charge in [-0.05, 0) is 28.8 Å². The van der Waals surface area contributed by atoms with Crippen molar-refractivity contribution in [2.45, 2.75) is 26.4 Å². The summed E-state index contributed by atoms with van der Waals surface area (Å²) in [5, 5.41) is 13.5. The largest absolute Gasteiger partial charge is 0.347 e. The van der Waals surface area contributed by atoms with Gasteiger partial charge >= 0.3 is 0 Å². The second-order valence-electron chi connectivity index (χ2n) is 5.97. The number of aromatic nitrogens is 3. The summed E-state index contributed by atoms with van der Waals surface area (Å²) in [7, 11) is 0. The van der Waals surface area contributed by atoms with E-state index >= 15 is 0 Å². The number of nitrogens with zero attached hydrogens (tertiary/aromatic N) is 3. The Morgan fingerprint density at radius 1 is 1.09 bits per heavy atom. The molecule has 0 spiro atoms. The molecule has 0 fully saturated rings. The third-order valence-electron chi connectivity index (χ3n) is 3.96. The molecule has 0 aliphatic carbocycles. The second-order valence-corrected chi connectivity index (χ2v) is 5.97. The molecule has 1 unspecified atom stereocenters. The lowest BCUT2D eigenvalue weighted by Crippen LogP contribution is -2.42. The molecular formula is C18H20N4O. The van der Waals surface area contributed by atoms with Gasteiger partial charge in [0.1, 0.15) is 0 Å². The predicted octanol–water partition coefficient (Wildman–Crippen LogP) is 2.89. The van der Waals surface area contributed by atoms with E-state index in [1.165, 1.54) is 0 Å². The van der Waals surface area contributed by atoms with E-state index in [1.807, 2.05) is 42.5 Å². The van der Waals surface area contributed by atoms with E-state index in [0.29, 0.717) is 12.1 Å². The Labute approximate surface area is 135 Å². The van der Waals surface area contributed by atoms with Crippen LogP contribution in [0.4, 0.5) is 0 Å². The topological polar surface area (TPSA) is 59.8 Å². The summed E-state index contributed by atoms with van der Waals surface area (Å²) in [5.41, 5.74) is 0.669. The standard InChI is InChI=1S/C18H20N4O/c1-13(2)17(12-22-19-9-10-20-22)21-18(23)16-8-7-14-5-3-4-6-15(14)11-16/h3-11,13,17H,12H2,1-2H3,(H,21,23). The minimum atomic E-state index is -0.0680. The SMILES string of the molecule is CC(C)C(Cn1nccn1)NC(=O)c1ccc2ccccc2c1. The van der Waals surface area contributed by atoms with Crippen molar-refractivity contribution in [3.63, 3.8) is 0 Å². The number of nitrogens with one attached hydrogen (secondary N) is 1. The minimum Gasteiger partial charge on any atom is -0.347 e. The fraction of sp³-hybridized carbons (Fsp3) is 0.278. The van der Waals surface area contributed by atoms with Crippen molar-refractivity contribution in [2.75, 3.05) is 0 Å². The minimum absolute atomic E-state index is 0.0265. The molecule has 5 nitrogen and oxygen atoms in total. The van der Waals surface area contributed by atoms with Crippen molar-refractivity contribution in [1.29, 1.82) is 0 Å². The molecule has 0 saturated heterocycles. The molecule has 23 heavy (non-hydrogen) atoms. The van der Waals surface area contributed by atoms with E-state index in [2.05, 4.69) is 29.4 Å². The molecule has 3 rings (SSSR count). The number of hydrogen-bond donors (Lipinski definition) is 1. The number of benzene rings is 2. The highest BCUT2D eigenvalue weighted by Gasteiger charge is 2.18. The Morgan fingerprint density at radius 2 is 1.78 bits per heavy atom. The van der Waals surface area contributed by atoms with Crippen molar-refractivity contribution < 1.29 is 4.79 Å². The first-order chi connectivity index (χ1) is 11.1. The molecule has 1 heterocycles. The van der Waals surface area contributed by atoms with Crippen LogP contribution in [0.25, 0.3) is 10.8 Å². The van der Waals surface area contributed by atoms with Gasteiger partial charge in [-0.15, -0.1) is 0 Å². The van der Waals surface area contributed by atoms with Gasteiger partial charge in [-0.1, -0.05) is 44.2 Å². The highest BCUT2D eigenvalue weighted by atomic mass is 16.1. The van der Waals surface area contributed by atoms with Crippen LogP contribution in [0.3, 0.4) is 0 Å². The van der Waals surface area contributed by atoms with Crippen LogP contribution in [0.15, 0.2) is 54.9 Å². The molecule has 3 aromatic rings. The average molecular weight is 308 g/mol. The zero-order valence-corrected chi connectivity index (χ0v) is 13.3. The summed E-state index contributed by atoms with van der Waals surface area (Å²) >= 11 is 0. The van der Waals surface area contributed by atoms with Crippen LogP contribution >= 0.6 is 0 Å². The first-order valence-corrected chi connectivity index (χ1v) is 7.77. The number of hydrogen-bond acceptors (Lipinski definition) is 3. The van der Waals surface area contributed by atoms with Crippen LogP contribution in [-0.4, -0.2) is 26.9 Å². The molecule has 118 valence electrons. The summed E-state index contributed by atoms with van der Waals surface area (Å²) in [6.07, 6.45) is 3.28. The van der Waals surface area contributed by atoms with E-state index in [9.17, 15) is 4.79 Å². The maximum atomic E-state index is 12.6. The zero-order valence-electron chi connectivity index (χ0n) is 13.3. The Morgan fingerprint density at radius 3 is 2.48 bits per heavy atom.